The molecule has 1 aromatic carbocycles. The number of benzene rings is 1. The zero-order valence-electron chi connectivity index (χ0n) is 11.3. The molecule has 0 aromatic heterocycles. The number of carbonyl (C=O) groups is 2. The predicted molar refractivity (Wildman–Crippen MR) is 78.5 cm³/mol. The third-order valence-electron chi connectivity index (χ3n) is 3.29. The van der Waals surface area contributed by atoms with E-state index in [2.05, 4.69) is 15.9 Å². The number of halogens is 1. The maximum Gasteiger partial charge on any atom is 0.255 e. The number of methoxy groups -OCH3 is 1. The van der Waals surface area contributed by atoms with Crippen LogP contribution >= 0.6 is 15.9 Å². The van der Waals surface area contributed by atoms with Crippen molar-refractivity contribution >= 4 is 27.7 Å². The molecule has 0 aliphatic carbocycles. The number of piperazine rings is 1. The lowest BCUT2D eigenvalue weighted by Crippen LogP contribution is -2.51. The smallest absolute Gasteiger partial charge is 0.255 e. The van der Waals surface area contributed by atoms with Crippen LogP contribution in [0, 0.1) is 0 Å². The first kappa shape index (κ1) is 15.0. The maximum absolute atomic E-state index is 12.4. The van der Waals surface area contributed by atoms with E-state index in [1.807, 2.05) is 18.2 Å². The molecule has 108 valence electrons. The summed E-state index contributed by atoms with van der Waals surface area (Å²) in [7, 11) is 1.50. The summed E-state index contributed by atoms with van der Waals surface area (Å²) in [6.07, 6.45) is 0. The molecule has 0 saturated carbocycles. The van der Waals surface area contributed by atoms with Crippen molar-refractivity contribution in [1.82, 2.24) is 9.80 Å². The van der Waals surface area contributed by atoms with E-state index in [0.29, 0.717) is 31.7 Å². The fraction of sp³-hybridized carbons (Fsp3) is 0.429. The van der Waals surface area contributed by atoms with Gasteiger partial charge in [0.2, 0.25) is 5.91 Å². The van der Waals surface area contributed by atoms with Crippen molar-refractivity contribution in [2.45, 2.75) is 0 Å². The number of nitrogens with zero attached hydrogens (tertiary/aromatic N) is 2. The third kappa shape index (κ3) is 3.37. The minimum Gasteiger partial charge on any atom is -0.375 e. The Labute approximate surface area is 126 Å². The van der Waals surface area contributed by atoms with Gasteiger partial charge in [-0.1, -0.05) is 12.1 Å². The van der Waals surface area contributed by atoms with Crippen molar-refractivity contribution in [3.05, 3.63) is 34.3 Å². The molecular formula is C14H17BrN2O3. The Bertz CT molecular complexity index is 499. The fourth-order valence-electron chi connectivity index (χ4n) is 2.18. The molecule has 0 atom stereocenters. The highest BCUT2D eigenvalue weighted by molar-refractivity contribution is 9.10. The Hall–Kier alpha value is -1.40. The van der Waals surface area contributed by atoms with Gasteiger partial charge in [-0.25, -0.2) is 0 Å². The highest BCUT2D eigenvalue weighted by Crippen LogP contribution is 2.18. The predicted octanol–water partition coefficient (Wildman–Crippen LogP) is 1.38. The lowest BCUT2D eigenvalue weighted by molar-refractivity contribution is -0.136. The second-order valence-corrected chi connectivity index (χ2v) is 5.44. The Kier molecular flexibility index (Phi) is 5.14. The maximum atomic E-state index is 12.4. The molecule has 1 fully saturated rings. The summed E-state index contributed by atoms with van der Waals surface area (Å²) >= 11 is 3.39. The van der Waals surface area contributed by atoms with E-state index in [1.54, 1.807) is 15.9 Å². The summed E-state index contributed by atoms with van der Waals surface area (Å²) < 4.78 is 5.63. The van der Waals surface area contributed by atoms with Gasteiger partial charge in [0, 0.05) is 37.8 Å². The van der Waals surface area contributed by atoms with E-state index < -0.39 is 0 Å². The van der Waals surface area contributed by atoms with Crippen LogP contribution in [0.25, 0.3) is 0 Å². The van der Waals surface area contributed by atoms with Crippen LogP contribution in [0.1, 0.15) is 10.4 Å². The molecule has 6 heteroatoms. The van der Waals surface area contributed by atoms with Gasteiger partial charge in [0.15, 0.2) is 0 Å². The Morgan fingerprint density at radius 3 is 2.35 bits per heavy atom. The number of amides is 2. The van der Waals surface area contributed by atoms with Gasteiger partial charge in [-0.05, 0) is 28.1 Å². The highest BCUT2D eigenvalue weighted by Gasteiger charge is 2.25. The quantitative estimate of drug-likeness (QED) is 0.835. The van der Waals surface area contributed by atoms with Crippen molar-refractivity contribution in [3.8, 4) is 0 Å². The minimum atomic E-state index is -0.0273. The van der Waals surface area contributed by atoms with Gasteiger partial charge in [0.05, 0.1) is 5.56 Å². The van der Waals surface area contributed by atoms with Crippen molar-refractivity contribution in [3.63, 3.8) is 0 Å². The highest BCUT2D eigenvalue weighted by atomic mass is 79.9. The van der Waals surface area contributed by atoms with E-state index >= 15 is 0 Å². The van der Waals surface area contributed by atoms with Crippen molar-refractivity contribution in [2.75, 3.05) is 39.9 Å². The Balaban J connectivity index is 1.96. The van der Waals surface area contributed by atoms with Crippen LogP contribution in [-0.4, -0.2) is 61.5 Å². The number of ether oxygens (including phenoxy) is 1. The van der Waals surface area contributed by atoms with Gasteiger partial charge in [-0.15, -0.1) is 0 Å². The second-order valence-electron chi connectivity index (χ2n) is 4.59. The van der Waals surface area contributed by atoms with Crippen LogP contribution in [0.15, 0.2) is 28.7 Å². The van der Waals surface area contributed by atoms with Crippen LogP contribution in [0.5, 0.6) is 0 Å². The number of rotatable bonds is 3. The molecule has 1 aliphatic rings. The average molecular weight is 341 g/mol. The van der Waals surface area contributed by atoms with E-state index in [1.165, 1.54) is 7.11 Å². The van der Waals surface area contributed by atoms with E-state index in [9.17, 15) is 9.59 Å². The van der Waals surface area contributed by atoms with Gasteiger partial charge in [0.1, 0.15) is 6.61 Å². The molecule has 20 heavy (non-hydrogen) atoms. The van der Waals surface area contributed by atoms with Gasteiger partial charge in [-0.2, -0.15) is 0 Å². The first-order valence-electron chi connectivity index (χ1n) is 6.44. The zero-order chi connectivity index (χ0) is 14.5. The van der Waals surface area contributed by atoms with Crippen LogP contribution in [0.2, 0.25) is 0 Å². The Morgan fingerprint density at radius 2 is 1.75 bits per heavy atom. The van der Waals surface area contributed by atoms with Gasteiger partial charge >= 0.3 is 0 Å². The van der Waals surface area contributed by atoms with E-state index in [0.717, 1.165) is 4.47 Å². The molecule has 1 saturated heterocycles. The third-order valence-corrected chi connectivity index (χ3v) is 3.98. The minimum absolute atomic E-state index is 0.00341. The van der Waals surface area contributed by atoms with Crippen molar-refractivity contribution < 1.29 is 14.3 Å². The van der Waals surface area contributed by atoms with E-state index in [4.69, 9.17) is 4.74 Å². The lowest BCUT2D eigenvalue weighted by atomic mass is 10.2. The van der Waals surface area contributed by atoms with Crippen molar-refractivity contribution in [1.29, 1.82) is 0 Å². The molecule has 0 N–H and O–H groups in total. The summed E-state index contributed by atoms with van der Waals surface area (Å²) in [5.74, 6) is -0.0307. The fourth-order valence-corrected chi connectivity index (χ4v) is 2.63. The molecular weight excluding hydrogens is 324 g/mol. The normalized spacial score (nSPS) is 15.3. The first-order chi connectivity index (χ1) is 9.63. The molecule has 2 amide bonds. The molecule has 0 unspecified atom stereocenters. The largest absolute Gasteiger partial charge is 0.375 e. The monoisotopic (exact) mass is 340 g/mol. The molecule has 2 rings (SSSR count). The van der Waals surface area contributed by atoms with Gasteiger partial charge < -0.3 is 14.5 Å². The van der Waals surface area contributed by atoms with Gasteiger partial charge in [0.25, 0.3) is 5.91 Å². The first-order valence-corrected chi connectivity index (χ1v) is 7.23. The van der Waals surface area contributed by atoms with Crippen LogP contribution in [0.3, 0.4) is 0 Å². The summed E-state index contributed by atoms with van der Waals surface area (Å²) in [5.41, 5.74) is 0.657. The average Bonchev–Trinajstić information content (AvgIpc) is 2.47. The molecule has 1 aliphatic heterocycles. The molecule has 0 radical (unpaired) electrons. The lowest BCUT2D eigenvalue weighted by Gasteiger charge is -2.34. The second kappa shape index (κ2) is 6.85. The summed E-state index contributed by atoms with van der Waals surface area (Å²) in [6.45, 7) is 2.31. The van der Waals surface area contributed by atoms with E-state index in [-0.39, 0.29) is 18.4 Å². The number of hydrogen-bond acceptors (Lipinski definition) is 3. The molecule has 1 heterocycles. The standard InChI is InChI=1S/C14H17BrN2O3/c1-20-10-13(18)16-6-8-17(9-7-16)14(19)11-4-2-3-5-12(11)15/h2-5H,6-10H2,1H3. The van der Waals surface area contributed by atoms with Crippen LogP contribution in [-0.2, 0) is 9.53 Å². The molecule has 0 bridgehead atoms. The summed E-state index contributed by atoms with van der Waals surface area (Å²) in [4.78, 5) is 27.6. The van der Waals surface area contributed by atoms with Crippen LogP contribution in [0.4, 0.5) is 0 Å². The van der Waals surface area contributed by atoms with Gasteiger partial charge in [-0.3, -0.25) is 9.59 Å². The molecule has 5 nitrogen and oxygen atoms in total. The number of carbonyl (C=O) groups excluding carboxylic acids is 2. The molecule has 0 spiro atoms. The SMILES string of the molecule is COCC(=O)N1CCN(C(=O)c2ccccc2Br)CC1. The zero-order valence-corrected chi connectivity index (χ0v) is 12.9. The van der Waals surface area contributed by atoms with Crippen LogP contribution < -0.4 is 0 Å². The summed E-state index contributed by atoms with van der Waals surface area (Å²) in [5, 5.41) is 0. The topological polar surface area (TPSA) is 49.9 Å². The summed E-state index contributed by atoms with van der Waals surface area (Å²) in [6, 6.07) is 7.37. The number of hydrogen-bond donors (Lipinski definition) is 0. The Morgan fingerprint density at radius 1 is 1.15 bits per heavy atom. The molecule has 1 aromatic rings. The van der Waals surface area contributed by atoms with Crippen molar-refractivity contribution in [2.24, 2.45) is 0 Å².